The monoisotopic (exact) mass is 487 g/mol. The molecular weight excluding hydrogens is 450 g/mol. The van der Waals surface area contributed by atoms with E-state index in [0.717, 1.165) is 32.2 Å². The Morgan fingerprint density at radius 3 is 2.54 bits per heavy atom. The van der Waals surface area contributed by atoms with Crippen LogP contribution in [0.4, 0.5) is 0 Å². The highest BCUT2D eigenvalue weighted by molar-refractivity contribution is 5.76. The van der Waals surface area contributed by atoms with Gasteiger partial charge in [-0.05, 0) is 56.3 Å². The summed E-state index contributed by atoms with van der Waals surface area (Å²) in [6.45, 7) is 6.54. The van der Waals surface area contributed by atoms with Crippen LogP contribution < -0.4 is 0 Å². The Balaban J connectivity index is 1.67. The van der Waals surface area contributed by atoms with Crippen LogP contribution in [-0.2, 0) is 28.6 Å². The van der Waals surface area contributed by atoms with Crippen molar-refractivity contribution in [2.45, 2.75) is 71.1 Å². The first-order chi connectivity index (χ1) is 16.6. The van der Waals surface area contributed by atoms with Gasteiger partial charge in [0, 0.05) is 38.3 Å². The second kappa shape index (κ2) is 7.54. The Kier molecular flexibility index (Phi) is 5.06. The summed E-state index contributed by atoms with van der Waals surface area (Å²) in [5, 5.41) is 13.0. The maximum absolute atomic E-state index is 13.2. The highest BCUT2D eigenvalue weighted by Crippen LogP contribution is 2.80. The van der Waals surface area contributed by atoms with Gasteiger partial charge in [-0.25, -0.2) is 0 Å². The lowest BCUT2D eigenvalue weighted by molar-refractivity contribution is -0.334. The zero-order chi connectivity index (χ0) is 24.9. The summed E-state index contributed by atoms with van der Waals surface area (Å²) in [6, 6.07) is 0. The molecule has 6 aliphatic rings. The molecule has 4 bridgehead atoms. The molecule has 8 heteroatoms. The van der Waals surface area contributed by atoms with Gasteiger partial charge in [-0.2, -0.15) is 0 Å². The topological polar surface area (TPSA) is 102 Å². The van der Waals surface area contributed by atoms with E-state index in [2.05, 4.69) is 11.8 Å². The van der Waals surface area contributed by atoms with E-state index in [1.165, 1.54) is 32.1 Å². The standard InChI is InChI=1S/C27H37NO7/c1-14-11-28-12-18-7-5-17-6-8-19-20(24(31)33-4)10-26(23(17)19)25(18,13-34-15(2)29)22(35-16(3)30)9-21(14)27(26,28)32/h14,18-22,32H,5-13H2,1-4H3/t14-,18-,19-,20-,21-,22-,25-,26-,27-/m1/s1. The Morgan fingerprint density at radius 2 is 1.86 bits per heavy atom. The van der Waals surface area contributed by atoms with Gasteiger partial charge in [-0.15, -0.1) is 0 Å². The number of rotatable bonds is 4. The third kappa shape index (κ3) is 2.63. The Morgan fingerprint density at radius 1 is 1.11 bits per heavy atom. The number of aliphatic hydroxyl groups is 1. The maximum atomic E-state index is 13.2. The van der Waals surface area contributed by atoms with E-state index >= 15 is 0 Å². The van der Waals surface area contributed by atoms with Gasteiger partial charge in [0.05, 0.1) is 18.4 Å². The van der Waals surface area contributed by atoms with Gasteiger partial charge in [0.1, 0.15) is 18.4 Å². The van der Waals surface area contributed by atoms with Gasteiger partial charge in [0.2, 0.25) is 0 Å². The van der Waals surface area contributed by atoms with Crippen LogP contribution in [0, 0.1) is 40.4 Å². The van der Waals surface area contributed by atoms with Crippen molar-refractivity contribution in [3.05, 3.63) is 11.1 Å². The Hall–Kier alpha value is -1.93. The van der Waals surface area contributed by atoms with E-state index < -0.39 is 22.7 Å². The fourth-order valence-corrected chi connectivity index (χ4v) is 10.1. The zero-order valence-corrected chi connectivity index (χ0v) is 21.2. The third-order valence-corrected chi connectivity index (χ3v) is 10.9. The maximum Gasteiger partial charge on any atom is 0.309 e. The molecule has 0 aromatic heterocycles. The molecule has 2 saturated heterocycles. The van der Waals surface area contributed by atoms with Gasteiger partial charge in [0.25, 0.3) is 0 Å². The van der Waals surface area contributed by atoms with Crippen molar-refractivity contribution in [2.75, 3.05) is 26.8 Å². The summed E-state index contributed by atoms with van der Waals surface area (Å²) in [7, 11) is 1.43. The van der Waals surface area contributed by atoms with Gasteiger partial charge in [-0.1, -0.05) is 18.1 Å². The normalized spacial score (nSPS) is 47.2. The van der Waals surface area contributed by atoms with Gasteiger partial charge >= 0.3 is 17.9 Å². The number of ether oxygens (including phenoxy) is 3. The number of carbonyl (C=O) groups excluding carboxylic acids is 3. The molecule has 6 rings (SSSR count). The molecule has 1 spiro atoms. The largest absolute Gasteiger partial charge is 0.469 e. The molecule has 4 aliphatic carbocycles. The van der Waals surface area contributed by atoms with Crippen molar-refractivity contribution >= 4 is 17.9 Å². The van der Waals surface area contributed by atoms with E-state index in [-0.39, 0.29) is 54.1 Å². The highest BCUT2D eigenvalue weighted by atomic mass is 16.6. The number of hydrogen-bond acceptors (Lipinski definition) is 8. The molecule has 0 amide bonds. The molecule has 8 nitrogen and oxygen atoms in total. The number of carbonyl (C=O) groups is 3. The SMILES string of the molecule is COC(=O)[C@@H]1C[C@@]23C4=C(CC[C@@H]5CN6C[C@@H](C)[C@@H](C[C@@H](OC(C)=O)[C@@]52COC(C)=O)[C@]63O)CC[C@@H]41. The molecule has 2 aliphatic heterocycles. The molecule has 35 heavy (non-hydrogen) atoms. The number of hydrogen-bond donors (Lipinski definition) is 1. The van der Waals surface area contributed by atoms with Crippen molar-refractivity contribution in [3.63, 3.8) is 0 Å². The van der Waals surface area contributed by atoms with Crippen LogP contribution in [0.3, 0.4) is 0 Å². The molecule has 0 radical (unpaired) electrons. The van der Waals surface area contributed by atoms with Gasteiger partial charge in [0.15, 0.2) is 0 Å². The van der Waals surface area contributed by atoms with Crippen LogP contribution in [-0.4, -0.2) is 66.5 Å². The molecule has 0 aromatic carbocycles. The predicted molar refractivity (Wildman–Crippen MR) is 123 cm³/mol. The minimum absolute atomic E-state index is 0.00418. The molecule has 0 unspecified atom stereocenters. The van der Waals surface area contributed by atoms with Crippen molar-refractivity contribution in [3.8, 4) is 0 Å². The average Bonchev–Trinajstić information content (AvgIpc) is 3.42. The third-order valence-electron chi connectivity index (χ3n) is 10.9. The summed E-state index contributed by atoms with van der Waals surface area (Å²) in [6.07, 6.45) is 4.06. The smallest absolute Gasteiger partial charge is 0.309 e. The van der Waals surface area contributed by atoms with Crippen molar-refractivity contribution in [2.24, 2.45) is 40.4 Å². The second-order valence-electron chi connectivity index (χ2n) is 12.0. The molecule has 2 saturated carbocycles. The van der Waals surface area contributed by atoms with Crippen LogP contribution in [0.1, 0.15) is 59.3 Å². The van der Waals surface area contributed by atoms with Crippen molar-refractivity contribution in [1.82, 2.24) is 4.90 Å². The minimum Gasteiger partial charge on any atom is -0.469 e. The fourth-order valence-electron chi connectivity index (χ4n) is 10.1. The van der Waals surface area contributed by atoms with E-state index in [1.54, 1.807) is 0 Å². The lowest BCUT2D eigenvalue weighted by atomic mass is 9.41. The molecule has 2 heterocycles. The number of nitrogens with zero attached hydrogens (tertiary/aromatic N) is 1. The first-order valence-corrected chi connectivity index (χ1v) is 13.2. The summed E-state index contributed by atoms with van der Waals surface area (Å²) in [4.78, 5) is 40.1. The lowest BCUT2D eigenvalue weighted by Crippen LogP contribution is -2.79. The first-order valence-electron chi connectivity index (χ1n) is 13.2. The Labute approximate surface area is 206 Å². The Bertz CT molecular complexity index is 1020. The summed E-state index contributed by atoms with van der Waals surface area (Å²) in [5.41, 5.74) is -0.258. The number of esters is 3. The summed E-state index contributed by atoms with van der Waals surface area (Å²) >= 11 is 0. The molecule has 0 aromatic rings. The van der Waals surface area contributed by atoms with Crippen LogP contribution in [0.15, 0.2) is 11.1 Å². The fraction of sp³-hybridized carbons (Fsp3) is 0.815. The van der Waals surface area contributed by atoms with Crippen LogP contribution in [0.2, 0.25) is 0 Å². The molecular formula is C27H37NO7. The molecule has 1 N–H and O–H groups in total. The van der Waals surface area contributed by atoms with E-state index in [4.69, 9.17) is 14.2 Å². The number of methoxy groups -OCH3 is 1. The van der Waals surface area contributed by atoms with E-state index in [9.17, 15) is 19.5 Å². The van der Waals surface area contributed by atoms with Crippen molar-refractivity contribution in [1.29, 1.82) is 0 Å². The van der Waals surface area contributed by atoms with Crippen LogP contribution >= 0.6 is 0 Å². The lowest BCUT2D eigenvalue weighted by Gasteiger charge is -2.70. The average molecular weight is 488 g/mol. The van der Waals surface area contributed by atoms with Gasteiger partial charge in [-0.3, -0.25) is 19.3 Å². The van der Waals surface area contributed by atoms with Crippen molar-refractivity contribution < 1.29 is 33.7 Å². The first kappa shape index (κ1) is 23.5. The highest BCUT2D eigenvalue weighted by Gasteiger charge is 2.84. The number of piperidine rings is 1. The summed E-state index contributed by atoms with van der Waals surface area (Å²) in [5.74, 6) is -1.18. The molecule has 9 atom stereocenters. The second-order valence-corrected chi connectivity index (χ2v) is 12.0. The minimum atomic E-state index is -1.18. The van der Waals surface area contributed by atoms with Gasteiger partial charge < -0.3 is 19.3 Å². The predicted octanol–water partition coefficient (Wildman–Crippen LogP) is 2.44. The van der Waals surface area contributed by atoms with Crippen LogP contribution in [0.5, 0.6) is 0 Å². The summed E-state index contributed by atoms with van der Waals surface area (Å²) < 4.78 is 17.3. The quantitative estimate of drug-likeness (QED) is 0.367. The van der Waals surface area contributed by atoms with E-state index in [0.29, 0.717) is 19.4 Å². The zero-order valence-electron chi connectivity index (χ0n) is 21.2. The van der Waals surface area contributed by atoms with E-state index in [1.807, 2.05) is 0 Å². The van der Waals surface area contributed by atoms with Crippen LogP contribution in [0.25, 0.3) is 0 Å². The number of allylic oxidation sites excluding steroid dienone is 1. The molecule has 192 valence electrons. The molecule has 4 fully saturated rings.